The van der Waals surface area contributed by atoms with Crippen LogP contribution in [0.2, 0.25) is 0 Å². The number of benzene rings is 1. The van der Waals surface area contributed by atoms with E-state index in [4.69, 9.17) is 5.11 Å². The van der Waals surface area contributed by atoms with E-state index in [1.807, 2.05) is 0 Å². The van der Waals surface area contributed by atoms with Gasteiger partial charge in [-0.1, -0.05) is 12.1 Å². The van der Waals surface area contributed by atoms with Gasteiger partial charge in [-0.15, -0.1) is 0 Å². The minimum absolute atomic E-state index is 0.325. The van der Waals surface area contributed by atoms with Crippen LogP contribution in [0.1, 0.15) is 18.4 Å². The molecule has 0 bridgehead atoms. The largest absolute Gasteiger partial charge is 0.395 e. The van der Waals surface area contributed by atoms with Crippen molar-refractivity contribution in [3.63, 3.8) is 0 Å². The Balaban J connectivity index is 2.25. The topological polar surface area (TPSA) is 20.2 Å². The summed E-state index contributed by atoms with van der Waals surface area (Å²) < 4.78 is 38.2. The lowest BCUT2D eigenvalue weighted by Gasteiger charge is -2.46. The molecule has 1 aliphatic rings. The van der Waals surface area contributed by atoms with Crippen molar-refractivity contribution in [2.45, 2.75) is 24.2 Å². The van der Waals surface area contributed by atoms with Crippen LogP contribution in [0.3, 0.4) is 0 Å². The maximum atomic E-state index is 12.8. The van der Waals surface area contributed by atoms with E-state index >= 15 is 0 Å². The molecular formula is C11H11F3O. The monoisotopic (exact) mass is 216 g/mol. The summed E-state index contributed by atoms with van der Waals surface area (Å²) in [5, 5.41) is 9.16. The molecule has 0 atom stereocenters. The van der Waals surface area contributed by atoms with Gasteiger partial charge in [-0.25, -0.2) is 13.2 Å². The van der Waals surface area contributed by atoms with Gasteiger partial charge in [0.2, 0.25) is 5.92 Å². The third-order valence-corrected chi connectivity index (χ3v) is 2.95. The highest BCUT2D eigenvalue weighted by Crippen LogP contribution is 2.52. The number of aliphatic hydroxyl groups excluding tert-OH is 1. The van der Waals surface area contributed by atoms with Crippen LogP contribution in [0.5, 0.6) is 0 Å². The minimum Gasteiger partial charge on any atom is -0.395 e. The molecule has 0 heterocycles. The average Bonchev–Trinajstić information content (AvgIpc) is 2.14. The molecule has 82 valence electrons. The molecule has 0 amide bonds. The Labute approximate surface area is 85.5 Å². The van der Waals surface area contributed by atoms with Gasteiger partial charge < -0.3 is 5.11 Å². The van der Waals surface area contributed by atoms with Crippen molar-refractivity contribution in [3.8, 4) is 0 Å². The number of halogens is 3. The predicted molar refractivity (Wildman–Crippen MR) is 49.3 cm³/mol. The van der Waals surface area contributed by atoms with Crippen LogP contribution in [0, 0.1) is 5.82 Å². The highest BCUT2D eigenvalue weighted by molar-refractivity contribution is 5.30. The molecule has 1 aromatic carbocycles. The van der Waals surface area contributed by atoms with Crippen LogP contribution >= 0.6 is 0 Å². The fraction of sp³-hybridized carbons (Fsp3) is 0.455. The highest BCUT2D eigenvalue weighted by Gasteiger charge is 2.56. The van der Waals surface area contributed by atoms with E-state index in [1.54, 1.807) is 0 Å². The normalized spacial score (nSPS) is 22.1. The quantitative estimate of drug-likeness (QED) is 0.805. The van der Waals surface area contributed by atoms with E-state index in [9.17, 15) is 13.2 Å². The summed E-state index contributed by atoms with van der Waals surface area (Å²) in [5.74, 6) is -3.10. The van der Waals surface area contributed by atoms with Crippen LogP contribution in [0.4, 0.5) is 13.2 Å². The van der Waals surface area contributed by atoms with Gasteiger partial charge in [-0.05, 0) is 17.7 Å². The second kappa shape index (κ2) is 3.23. The molecule has 0 unspecified atom stereocenters. The van der Waals surface area contributed by atoms with Crippen LogP contribution in [-0.4, -0.2) is 17.6 Å². The summed E-state index contributed by atoms with van der Waals surface area (Å²) >= 11 is 0. The minimum atomic E-state index is -2.70. The zero-order valence-electron chi connectivity index (χ0n) is 8.01. The van der Waals surface area contributed by atoms with Crippen molar-refractivity contribution in [3.05, 3.63) is 35.6 Å². The Morgan fingerprint density at radius 2 is 1.67 bits per heavy atom. The smallest absolute Gasteiger partial charge is 0.250 e. The van der Waals surface area contributed by atoms with E-state index in [0.29, 0.717) is 5.56 Å². The molecule has 0 radical (unpaired) electrons. The average molecular weight is 216 g/mol. The third kappa shape index (κ3) is 1.74. The molecule has 2 rings (SSSR count). The van der Waals surface area contributed by atoms with Crippen molar-refractivity contribution in [1.82, 2.24) is 0 Å². The van der Waals surface area contributed by atoms with Gasteiger partial charge in [0.1, 0.15) is 5.82 Å². The van der Waals surface area contributed by atoms with Crippen LogP contribution in [0.25, 0.3) is 0 Å². The molecule has 1 N–H and O–H groups in total. The maximum Gasteiger partial charge on any atom is 0.250 e. The molecule has 1 nitrogen and oxygen atoms in total. The third-order valence-electron chi connectivity index (χ3n) is 2.95. The zero-order valence-corrected chi connectivity index (χ0v) is 8.01. The zero-order chi connectivity index (χ0) is 11.1. The summed E-state index contributed by atoms with van der Waals surface area (Å²) in [7, 11) is 0. The molecule has 15 heavy (non-hydrogen) atoms. The second-order valence-corrected chi connectivity index (χ2v) is 4.15. The van der Waals surface area contributed by atoms with E-state index in [1.165, 1.54) is 24.3 Å². The lowest BCUT2D eigenvalue weighted by atomic mass is 9.62. The van der Waals surface area contributed by atoms with E-state index in [0.717, 1.165) is 0 Å². The summed E-state index contributed by atoms with van der Waals surface area (Å²) in [6.07, 6.45) is -0.718. The predicted octanol–water partition coefficient (Wildman–Crippen LogP) is 2.48. The van der Waals surface area contributed by atoms with Crippen molar-refractivity contribution in [2.75, 3.05) is 6.61 Å². The molecule has 0 aromatic heterocycles. The Morgan fingerprint density at radius 1 is 1.13 bits per heavy atom. The summed E-state index contributed by atoms with van der Waals surface area (Å²) in [6, 6.07) is 5.37. The van der Waals surface area contributed by atoms with Gasteiger partial charge in [0, 0.05) is 18.3 Å². The van der Waals surface area contributed by atoms with Crippen LogP contribution in [-0.2, 0) is 5.41 Å². The summed E-state index contributed by atoms with van der Waals surface area (Å²) in [6.45, 7) is -0.325. The molecule has 0 saturated heterocycles. The van der Waals surface area contributed by atoms with Gasteiger partial charge in [-0.2, -0.15) is 0 Å². The van der Waals surface area contributed by atoms with E-state index < -0.39 is 17.2 Å². The number of alkyl halides is 2. The first-order valence-corrected chi connectivity index (χ1v) is 4.72. The van der Waals surface area contributed by atoms with Crippen molar-refractivity contribution in [1.29, 1.82) is 0 Å². The van der Waals surface area contributed by atoms with Crippen molar-refractivity contribution < 1.29 is 18.3 Å². The number of rotatable bonds is 2. The fourth-order valence-electron chi connectivity index (χ4n) is 2.15. The Kier molecular flexibility index (Phi) is 2.26. The van der Waals surface area contributed by atoms with Crippen LogP contribution in [0.15, 0.2) is 24.3 Å². The molecular weight excluding hydrogens is 205 g/mol. The van der Waals surface area contributed by atoms with Gasteiger partial charge in [0.05, 0.1) is 6.61 Å². The molecule has 0 aliphatic heterocycles. The number of hydrogen-bond acceptors (Lipinski definition) is 1. The van der Waals surface area contributed by atoms with Crippen LogP contribution < -0.4 is 0 Å². The molecule has 1 aromatic rings. The first kappa shape index (κ1) is 10.5. The summed E-state index contributed by atoms with van der Waals surface area (Å²) in [5.41, 5.74) is -0.297. The van der Waals surface area contributed by atoms with E-state index in [2.05, 4.69) is 0 Å². The first-order valence-electron chi connectivity index (χ1n) is 4.72. The molecule has 1 fully saturated rings. The highest BCUT2D eigenvalue weighted by atomic mass is 19.3. The lowest BCUT2D eigenvalue weighted by Crippen LogP contribution is -2.51. The van der Waals surface area contributed by atoms with Gasteiger partial charge in [-0.3, -0.25) is 0 Å². The number of aliphatic hydroxyl groups is 1. The van der Waals surface area contributed by atoms with Gasteiger partial charge in [0.15, 0.2) is 0 Å². The second-order valence-electron chi connectivity index (χ2n) is 4.15. The number of hydrogen-bond donors (Lipinski definition) is 1. The summed E-state index contributed by atoms with van der Waals surface area (Å²) in [4.78, 5) is 0. The molecule has 1 aliphatic carbocycles. The standard InChI is InChI=1S/C11H11F3O/c12-9-3-1-8(2-4-9)10(7-15)5-11(13,14)6-10/h1-4,15H,5-7H2. The van der Waals surface area contributed by atoms with Gasteiger partial charge >= 0.3 is 0 Å². The Hall–Kier alpha value is -1.03. The molecule has 0 spiro atoms. The van der Waals surface area contributed by atoms with Gasteiger partial charge in [0.25, 0.3) is 0 Å². The van der Waals surface area contributed by atoms with Crippen molar-refractivity contribution in [2.24, 2.45) is 0 Å². The first-order chi connectivity index (χ1) is 6.97. The Morgan fingerprint density at radius 3 is 2.07 bits per heavy atom. The van der Waals surface area contributed by atoms with Crippen molar-refractivity contribution >= 4 is 0 Å². The Bertz CT molecular complexity index is 351. The lowest BCUT2D eigenvalue weighted by molar-refractivity contribution is -0.139. The SMILES string of the molecule is OCC1(c2ccc(F)cc2)CC(F)(F)C1. The maximum absolute atomic E-state index is 12.8. The molecule has 4 heteroatoms. The van der Waals surface area contributed by atoms with E-state index in [-0.39, 0.29) is 19.4 Å². The molecule has 1 saturated carbocycles. The fourth-order valence-corrected chi connectivity index (χ4v) is 2.15.